The summed E-state index contributed by atoms with van der Waals surface area (Å²) < 4.78 is 9.55. The van der Waals surface area contributed by atoms with Gasteiger partial charge >= 0.3 is 12.7 Å². The van der Waals surface area contributed by atoms with Gasteiger partial charge in [0.1, 0.15) is 0 Å². The second-order valence-electron chi connectivity index (χ2n) is 3.65. The zero-order valence-corrected chi connectivity index (χ0v) is 11.6. The second-order valence-corrected chi connectivity index (χ2v) is 6.32. The van der Waals surface area contributed by atoms with Crippen LogP contribution in [0.25, 0.3) is 0 Å². The lowest BCUT2D eigenvalue weighted by atomic mass is 10.2. The van der Waals surface area contributed by atoms with E-state index in [0.29, 0.717) is 18.6 Å². The summed E-state index contributed by atoms with van der Waals surface area (Å²) in [6.07, 6.45) is 3.21. The molecule has 100 valence electrons. The highest BCUT2D eigenvalue weighted by atomic mass is 32.5. The number of carbonyl (C=O) groups is 1. The molecular weight excluding hydrogens is 263 g/mol. The van der Waals surface area contributed by atoms with Crippen LogP contribution in [0.1, 0.15) is 32.6 Å². The maximum atomic E-state index is 11.0. The molecule has 5 nitrogen and oxygen atoms in total. The predicted octanol–water partition coefficient (Wildman–Crippen LogP) is 1.89. The molecule has 0 amide bonds. The summed E-state index contributed by atoms with van der Waals surface area (Å²) in [5.74, 6) is -0.366. The fraction of sp³-hybridized carbons (Fsp3) is 0.700. The number of esters is 1. The Morgan fingerprint density at radius 2 is 1.76 bits per heavy atom. The van der Waals surface area contributed by atoms with Gasteiger partial charge in [0.25, 0.3) is 0 Å². The molecule has 0 rings (SSSR count). The van der Waals surface area contributed by atoms with E-state index in [0.717, 1.165) is 19.3 Å². The molecular formula is C10H19O5PS. The summed E-state index contributed by atoms with van der Waals surface area (Å²) in [5.41, 5.74) is 0.398. The van der Waals surface area contributed by atoms with Crippen LogP contribution in [-0.4, -0.2) is 29.0 Å². The summed E-state index contributed by atoms with van der Waals surface area (Å²) in [7, 11) is 0. The van der Waals surface area contributed by atoms with Gasteiger partial charge in [-0.05, 0) is 38.0 Å². The van der Waals surface area contributed by atoms with Crippen molar-refractivity contribution in [3.05, 3.63) is 12.2 Å². The molecule has 0 saturated heterocycles. The van der Waals surface area contributed by atoms with Crippen molar-refractivity contribution < 1.29 is 23.8 Å². The van der Waals surface area contributed by atoms with Crippen LogP contribution < -0.4 is 0 Å². The van der Waals surface area contributed by atoms with Crippen LogP contribution in [0.15, 0.2) is 12.2 Å². The van der Waals surface area contributed by atoms with E-state index in [-0.39, 0.29) is 12.6 Å². The van der Waals surface area contributed by atoms with Crippen molar-refractivity contribution in [1.29, 1.82) is 0 Å². The smallest absolute Gasteiger partial charge is 0.333 e. The molecule has 0 aliphatic carbocycles. The fourth-order valence-electron chi connectivity index (χ4n) is 1.03. The van der Waals surface area contributed by atoms with Crippen molar-refractivity contribution >= 4 is 24.5 Å². The summed E-state index contributed by atoms with van der Waals surface area (Å²) in [5, 5.41) is 0. The summed E-state index contributed by atoms with van der Waals surface area (Å²) in [6.45, 7) is 2.21. The number of hydrogen-bond donors (Lipinski definition) is 2. The van der Waals surface area contributed by atoms with E-state index in [4.69, 9.17) is 14.5 Å². The van der Waals surface area contributed by atoms with Gasteiger partial charge in [0.2, 0.25) is 0 Å². The highest BCUT2D eigenvalue weighted by Gasteiger charge is 2.06. The monoisotopic (exact) mass is 282 g/mol. The maximum Gasteiger partial charge on any atom is 0.333 e. The first kappa shape index (κ1) is 16.7. The van der Waals surface area contributed by atoms with Crippen LogP contribution in [0, 0.1) is 0 Å². The number of carbonyl (C=O) groups excluding carboxylic acids is 1. The Kier molecular flexibility index (Phi) is 8.64. The molecule has 7 heteroatoms. The molecule has 0 heterocycles. The lowest BCUT2D eigenvalue weighted by Gasteiger charge is -2.08. The quantitative estimate of drug-likeness (QED) is 0.291. The van der Waals surface area contributed by atoms with Gasteiger partial charge in [-0.3, -0.25) is 0 Å². The van der Waals surface area contributed by atoms with E-state index in [1.165, 1.54) is 0 Å². The Labute approximate surface area is 107 Å². The molecule has 0 atom stereocenters. The van der Waals surface area contributed by atoms with Crippen molar-refractivity contribution in [2.24, 2.45) is 0 Å². The number of ether oxygens (including phenoxy) is 1. The molecule has 0 saturated carbocycles. The topological polar surface area (TPSA) is 76.0 Å². The largest absolute Gasteiger partial charge is 0.462 e. The van der Waals surface area contributed by atoms with Crippen LogP contribution in [0.4, 0.5) is 0 Å². The first-order chi connectivity index (χ1) is 7.83. The third-order valence-electron chi connectivity index (χ3n) is 1.88. The number of hydrogen-bond acceptors (Lipinski definition) is 4. The SMILES string of the molecule is C=C(C)C(=O)OCCCCCCOP(O)(O)=S. The zero-order valence-electron chi connectivity index (χ0n) is 9.92. The van der Waals surface area contributed by atoms with Crippen molar-refractivity contribution in [1.82, 2.24) is 0 Å². The van der Waals surface area contributed by atoms with Gasteiger partial charge in [0.15, 0.2) is 0 Å². The molecule has 0 spiro atoms. The first-order valence-electron chi connectivity index (χ1n) is 5.35. The Morgan fingerprint density at radius 1 is 1.24 bits per heavy atom. The van der Waals surface area contributed by atoms with E-state index in [1.54, 1.807) is 6.92 Å². The van der Waals surface area contributed by atoms with Gasteiger partial charge in [0.05, 0.1) is 13.2 Å². The van der Waals surface area contributed by atoms with Crippen LogP contribution >= 0.6 is 6.72 Å². The highest BCUT2D eigenvalue weighted by molar-refractivity contribution is 8.06. The lowest BCUT2D eigenvalue weighted by Crippen LogP contribution is -2.06. The van der Waals surface area contributed by atoms with E-state index in [2.05, 4.69) is 22.9 Å². The summed E-state index contributed by atoms with van der Waals surface area (Å²) in [4.78, 5) is 28.5. The van der Waals surface area contributed by atoms with E-state index < -0.39 is 6.72 Å². The Morgan fingerprint density at radius 3 is 2.24 bits per heavy atom. The maximum absolute atomic E-state index is 11.0. The van der Waals surface area contributed by atoms with Crippen LogP contribution in [-0.2, 0) is 25.9 Å². The molecule has 0 unspecified atom stereocenters. The molecule has 0 aromatic rings. The van der Waals surface area contributed by atoms with Gasteiger partial charge in [0, 0.05) is 5.57 Å². The van der Waals surface area contributed by atoms with Crippen LogP contribution in [0.5, 0.6) is 0 Å². The molecule has 0 radical (unpaired) electrons. The normalized spacial score (nSPS) is 11.2. The molecule has 0 bridgehead atoms. The van der Waals surface area contributed by atoms with Gasteiger partial charge in [-0.2, -0.15) is 0 Å². The van der Waals surface area contributed by atoms with Gasteiger partial charge in [-0.25, -0.2) is 4.79 Å². The second kappa shape index (κ2) is 8.78. The molecule has 2 N–H and O–H groups in total. The summed E-state index contributed by atoms with van der Waals surface area (Å²) >= 11 is 4.29. The Balaban J connectivity index is 3.28. The van der Waals surface area contributed by atoms with E-state index in [9.17, 15) is 4.79 Å². The van der Waals surface area contributed by atoms with Crippen molar-refractivity contribution in [3.8, 4) is 0 Å². The molecule has 0 aromatic carbocycles. The summed E-state index contributed by atoms with van der Waals surface area (Å²) in [6, 6.07) is 0. The molecule has 0 fully saturated rings. The fourth-order valence-corrected chi connectivity index (χ4v) is 1.62. The molecule has 0 aliphatic heterocycles. The first-order valence-corrected chi connectivity index (χ1v) is 7.98. The molecule has 0 aliphatic rings. The number of rotatable bonds is 9. The predicted molar refractivity (Wildman–Crippen MR) is 68.9 cm³/mol. The van der Waals surface area contributed by atoms with Gasteiger partial charge < -0.3 is 19.0 Å². The molecule has 0 aromatic heterocycles. The van der Waals surface area contributed by atoms with E-state index >= 15 is 0 Å². The average molecular weight is 282 g/mol. The third kappa shape index (κ3) is 12.0. The number of unbranched alkanes of at least 4 members (excludes halogenated alkanes) is 3. The Bertz CT molecular complexity index is 299. The average Bonchev–Trinajstić information content (AvgIpc) is 2.19. The van der Waals surface area contributed by atoms with Crippen LogP contribution in [0.3, 0.4) is 0 Å². The lowest BCUT2D eigenvalue weighted by molar-refractivity contribution is -0.139. The highest BCUT2D eigenvalue weighted by Crippen LogP contribution is 2.36. The molecule has 17 heavy (non-hydrogen) atoms. The zero-order chi connectivity index (χ0) is 13.3. The van der Waals surface area contributed by atoms with Crippen molar-refractivity contribution in [3.63, 3.8) is 0 Å². The third-order valence-corrected chi connectivity index (χ3v) is 2.71. The minimum atomic E-state index is -3.50. The Hall–Kier alpha value is -0.260. The van der Waals surface area contributed by atoms with Crippen molar-refractivity contribution in [2.75, 3.05) is 13.2 Å². The van der Waals surface area contributed by atoms with E-state index in [1.807, 2.05) is 0 Å². The van der Waals surface area contributed by atoms with Crippen molar-refractivity contribution in [2.45, 2.75) is 32.6 Å². The van der Waals surface area contributed by atoms with Crippen LogP contribution in [0.2, 0.25) is 0 Å². The minimum absolute atomic E-state index is 0.246. The minimum Gasteiger partial charge on any atom is -0.462 e. The standard InChI is InChI=1S/C10H19O5PS/c1-9(2)10(11)14-7-5-3-4-6-8-15-16(12,13)17/h1,3-8H2,2H3,(H2,12,13,17). The van der Waals surface area contributed by atoms with Gasteiger partial charge in [-0.1, -0.05) is 13.0 Å². The van der Waals surface area contributed by atoms with Gasteiger partial charge in [-0.15, -0.1) is 0 Å².